The van der Waals surface area contributed by atoms with Crippen molar-refractivity contribution in [2.45, 2.75) is 27.7 Å². The maximum absolute atomic E-state index is 5.79. The first-order valence-corrected chi connectivity index (χ1v) is 5.99. The predicted octanol–water partition coefficient (Wildman–Crippen LogP) is 1.53. The normalized spacial score (nSPS) is 10.7. The molecule has 0 aliphatic carbocycles. The molecule has 0 aliphatic rings. The van der Waals surface area contributed by atoms with Crippen molar-refractivity contribution in [3.05, 3.63) is 34.7 Å². The Morgan fingerprint density at radius 1 is 1.22 bits per heavy atom. The van der Waals surface area contributed by atoms with Crippen molar-refractivity contribution in [2.75, 3.05) is 0 Å². The first-order chi connectivity index (χ1) is 8.40. The number of rotatable bonds is 2. The van der Waals surface area contributed by atoms with E-state index in [1.165, 1.54) is 0 Å². The van der Waals surface area contributed by atoms with Crippen LogP contribution in [0, 0.1) is 27.7 Å². The second-order valence-corrected chi connectivity index (χ2v) is 4.67. The summed E-state index contributed by atoms with van der Waals surface area (Å²) in [6.07, 6.45) is 0. The minimum Gasteiger partial charge on any atom is -0.389 e. The molecule has 0 bridgehead atoms. The van der Waals surface area contributed by atoms with E-state index in [0.29, 0.717) is 10.8 Å². The maximum Gasteiger partial charge on any atom is 0.148 e. The van der Waals surface area contributed by atoms with Crippen LogP contribution in [-0.4, -0.2) is 24.7 Å². The van der Waals surface area contributed by atoms with E-state index in [0.717, 1.165) is 28.5 Å². The van der Waals surface area contributed by atoms with E-state index in [1.807, 2.05) is 33.8 Å². The van der Waals surface area contributed by atoms with Crippen molar-refractivity contribution in [3.8, 4) is 5.69 Å². The van der Waals surface area contributed by atoms with Gasteiger partial charge in [-0.25, -0.2) is 9.67 Å². The molecule has 0 atom stereocenters. The first-order valence-electron chi connectivity index (χ1n) is 5.59. The monoisotopic (exact) mass is 261 g/mol. The molecular formula is C12H15N5S. The number of hydrogen-bond donors (Lipinski definition) is 1. The smallest absolute Gasteiger partial charge is 0.148 e. The van der Waals surface area contributed by atoms with Crippen molar-refractivity contribution in [2.24, 2.45) is 5.73 Å². The molecule has 0 saturated heterocycles. The quantitative estimate of drug-likeness (QED) is 0.830. The third-order valence-electron chi connectivity index (χ3n) is 2.66. The fourth-order valence-electron chi connectivity index (χ4n) is 2.03. The molecule has 2 heterocycles. The second kappa shape index (κ2) is 4.45. The molecule has 2 rings (SSSR count). The summed E-state index contributed by atoms with van der Waals surface area (Å²) < 4.78 is 1.76. The fraction of sp³-hybridized carbons (Fsp3) is 0.333. The Morgan fingerprint density at radius 2 is 1.89 bits per heavy atom. The lowest BCUT2D eigenvalue weighted by molar-refractivity contribution is 0.822. The van der Waals surface area contributed by atoms with Gasteiger partial charge in [-0.15, -0.1) is 0 Å². The van der Waals surface area contributed by atoms with Crippen molar-refractivity contribution in [1.29, 1.82) is 0 Å². The Labute approximate surface area is 111 Å². The molecule has 0 amide bonds. The standard InChI is InChI=1S/C12H15N5S/c1-6-5-10(11(12(13)18)7(2)14-6)17-9(4)15-8(3)16-17/h5H,1-4H3,(H2,13,18). The van der Waals surface area contributed by atoms with E-state index >= 15 is 0 Å². The van der Waals surface area contributed by atoms with Gasteiger partial charge in [0.15, 0.2) is 0 Å². The Hall–Kier alpha value is -1.82. The van der Waals surface area contributed by atoms with Crippen molar-refractivity contribution >= 4 is 17.2 Å². The molecule has 0 aliphatic heterocycles. The van der Waals surface area contributed by atoms with Crippen LogP contribution in [0.15, 0.2) is 6.07 Å². The van der Waals surface area contributed by atoms with Gasteiger partial charge in [0.25, 0.3) is 0 Å². The van der Waals surface area contributed by atoms with Gasteiger partial charge in [0, 0.05) is 11.4 Å². The van der Waals surface area contributed by atoms with Crippen molar-refractivity contribution < 1.29 is 0 Å². The van der Waals surface area contributed by atoms with Gasteiger partial charge in [-0.3, -0.25) is 4.98 Å². The van der Waals surface area contributed by atoms with E-state index in [2.05, 4.69) is 15.1 Å². The Morgan fingerprint density at radius 3 is 2.39 bits per heavy atom. The summed E-state index contributed by atoms with van der Waals surface area (Å²) in [4.78, 5) is 9.00. The molecule has 0 unspecified atom stereocenters. The summed E-state index contributed by atoms with van der Waals surface area (Å²) >= 11 is 5.11. The summed E-state index contributed by atoms with van der Waals surface area (Å²) in [6, 6.07) is 1.92. The number of pyridine rings is 1. The minimum absolute atomic E-state index is 0.322. The lowest BCUT2D eigenvalue weighted by Crippen LogP contribution is -2.18. The predicted molar refractivity (Wildman–Crippen MR) is 74.0 cm³/mol. The van der Waals surface area contributed by atoms with E-state index < -0.39 is 0 Å². The molecule has 0 radical (unpaired) electrons. The van der Waals surface area contributed by atoms with Gasteiger partial charge in [0.2, 0.25) is 0 Å². The molecule has 94 valence electrons. The van der Waals surface area contributed by atoms with Crippen molar-refractivity contribution in [1.82, 2.24) is 19.7 Å². The number of nitrogens with two attached hydrogens (primary N) is 1. The number of thiocarbonyl (C=S) groups is 1. The average Bonchev–Trinajstić information content (AvgIpc) is 2.55. The van der Waals surface area contributed by atoms with Gasteiger partial charge in [0.1, 0.15) is 16.6 Å². The van der Waals surface area contributed by atoms with Gasteiger partial charge >= 0.3 is 0 Å². The molecular weight excluding hydrogens is 246 g/mol. The highest BCUT2D eigenvalue weighted by atomic mass is 32.1. The Balaban J connectivity index is 2.77. The molecule has 0 aromatic carbocycles. The molecule has 2 aromatic heterocycles. The third-order valence-corrected chi connectivity index (χ3v) is 2.86. The van der Waals surface area contributed by atoms with Gasteiger partial charge in [-0.2, -0.15) is 5.10 Å². The van der Waals surface area contributed by atoms with Crippen LogP contribution in [0.25, 0.3) is 5.69 Å². The van der Waals surface area contributed by atoms with Crippen LogP contribution >= 0.6 is 12.2 Å². The molecule has 0 fully saturated rings. The van der Waals surface area contributed by atoms with Crippen molar-refractivity contribution in [3.63, 3.8) is 0 Å². The van der Waals surface area contributed by atoms with Crippen LogP contribution in [0.4, 0.5) is 0 Å². The number of aromatic nitrogens is 4. The molecule has 2 N–H and O–H groups in total. The molecule has 0 saturated carbocycles. The highest BCUT2D eigenvalue weighted by Crippen LogP contribution is 2.19. The summed E-state index contributed by atoms with van der Waals surface area (Å²) in [5.41, 5.74) is 9.09. The lowest BCUT2D eigenvalue weighted by Gasteiger charge is -2.12. The highest BCUT2D eigenvalue weighted by molar-refractivity contribution is 7.80. The molecule has 5 nitrogen and oxygen atoms in total. The zero-order valence-electron chi connectivity index (χ0n) is 10.9. The van der Waals surface area contributed by atoms with E-state index in [-0.39, 0.29) is 0 Å². The van der Waals surface area contributed by atoms with Gasteiger partial charge in [-0.05, 0) is 33.8 Å². The van der Waals surface area contributed by atoms with E-state index in [9.17, 15) is 0 Å². The van der Waals surface area contributed by atoms with Gasteiger partial charge < -0.3 is 5.73 Å². The largest absolute Gasteiger partial charge is 0.389 e. The second-order valence-electron chi connectivity index (χ2n) is 4.23. The number of hydrogen-bond acceptors (Lipinski definition) is 4. The first kappa shape index (κ1) is 12.6. The maximum atomic E-state index is 5.79. The summed E-state index contributed by atoms with van der Waals surface area (Å²) in [6.45, 7) is 7.57. The van der Waals surface area contributed by atoms with Crippen LogP contribution in [0.5, 0.6) is 0 Å². The molecule has 0 spiro atoms. The van der Waals surface area contributed by atoms with Crippen LogP contribution in [0.3, 0.4) is 0 Å². The van der Waals surface area contributed by atoms with Crippen LogP contribution in [-0.2, 0) is 0 Å². The minimum atomic E-state index is 0.322. The Kier molecular flexibility index (Phi) is 3.13. The number of aryl methyl sites for hydroxylation is 4. The molecule has 18 heavy (non-hydrogen) atoms. The zero-order chi connectivity index (χ0) is 13.4. The average molecular weight is 261 g/mol. The van der Waals surface area contributed by atoms with Crippen LogP contribution in [0.1, 0.15) is 28.6 Å². The highest BCUT2D eigenvalue weighted by Gasteiger charge is 2.15. The third kappa shape index (κ3) is 2.11. The summed E-state index contributed by atoms with van der Waals surface area (Å²) in [7, 11) is 0. The SMILES string of the molecule is Cc1cc(-n2nc(C)nc2C)c(C(N)=S)c(C)n1. The topological polar surface area (TPSA) is 69.6 Å². The lowest BCUT2D eigenvalue weighted by atomic mass is 10.1. The summed E-state index contributed by atoms with van der Waals surface area (Å²) in [5, 5.41) is 4.37. The van der Waals surface area contributed by atoms with Gasteiger partial charge in [-0.1, -0.05) is 12.2 Å². The molecule has 6 heteroatoms. The van der Waals surface area contributed by atoms with Crippen LogP contribution < -0.4 is 5.73 Å². The van der Waals surface area contributed by atoms with Gasteiger partial charge in [0.05, 0.1) is 11.3 Å². The zero-order valence-corrected chi connectivity index (χ0v) is 11.7. The van der Waals surface area contributed by atoms with Crippen LogP contribution in [0.2, 0.25) is 0 Å². The van der Waals surface area contributed by atoms with E-state index in [1.54, 1.807) is 4.68 Å². The fourth-order valence-corrected chi connectivity index (χ4v) is 2.28. The van der Waals surface area contributed by atoms with E-state index in [4.69, 9.17) is 18.0 Å². The summed E-state index contributed by atoms with van der Waals surface area (Å²) in [5.74, 6) is 1.52. The molecule has 2 aromatic rings. The Bertz CT molecular complexity index is 630. The number of nitrogens with zero attached hydrogens (tertiary/aromatic N) is 4.